The summed E-state index contributed by atoms with van der Waals surface area (Å²) in [5, 5.41) is 11.5. The Morgan fingerprint density at radius 3 is 2.68 bits per heavy atom. The van der Waals surface area contributed by atoms with Gasteiger partial charge in [-0.05, 0) is 44.1 Å². The standard InChI is InChI=1S/C14H19ClN2O2/c1-10-5-7-14(16,8-6-10)9-11-12(15)3-2-4-13(11)17(18)19/h2-4,10H,5-9,16H2,1H3. The summed E-state index contributed by atoms with van der Waals surface area (Å²) in [5.41, 5.74) is 6.71. The molecule has 19 heavy (non-hydrogen) atoms. The Kier molecular flexibility index (Phi) is 4.11. The van der Waals surface area contributed by atoms with E-state index in [2.05, 4.69) is 6.92 Å². The number of hydrogen-bond donors (Lipinski definition) is 1. The smallest absolute Gasteiger partial charge is 0.274 e. The summed E-state index contributed by atoms with van der Waals surface area (Å²) in [7, 11) is 0. The van der Waals surface area contributed by atoms with Crippen molar-refractivity contribution in [2.24, 2.45) is 11.7 Å². The van der Waals surface area contributed by atoms with Gasteiger partial charge in [0.2, 0.25) is 0 Å². The summed E-state index contributed by atoms with van der Waals surface area (Å²) in [5.74, 6) is 0.693. The van der Waals surface area contributed by atoms with Crippen LogP contribution in [0.15, 0.2) is 18.2 Å². The van der Waals surface area contributed by atoms with E-state index >= 15 is 0 Å². The maximum Gasteiger partial charge on any atom is 0.274 e. The summed E-state index contributed by atoms with van der Waals surface area (Å²) >= 11 is 6.12. The normalized spacial score (nSPS) is 27.2. The molecular weight excluding hydrogens is 264 g/mol. The lowest BCUT2D eigenvalue weighted by Gasteiger charge is -2.36. The Labute approximate surface area is 118 Å². The van der Waals surface area contributed by atoms with Crippen LogP contribution in [0.2, 0.25) is 5.02 Å². The Morgan fingerprint density at radius 2 is 2.11 bits per heavy atom. The number of nitrogens with zero attached hydrogens (tertiary/aromatic N) is 1. The van der Waals surface area contributed by atoms with Gasteiger partial charge in [-0.3, -0.25) is 10.1 Å². The number of halogens is 1. The molecule has 0 unspecified atom stereocenters. The molecule has 1 saturated carbocycles. The molecule has 2 rings (SSSR count). The van der Waals surface area contributed by atoms with Gasteiger partial charge in [-0.1, -0.05) is 24.6 Å². The molecule has 1 aromatic carbocycles. The minimum atomic E-state index is -0.379. The zero-order chi connectivity index (χ0) is 14.0. The minimum Gasteiger partial charge on any atom is -0.325 e. The van der Waals surface area contributed by atoms with E-state index in [9.17, 15) is 10.1 Å². The van der Waals surface area contributed by atoms with Crippen LogP contribution >= 0.6 is 11.6 Å². The highest BCUT2D eigenvalue weighted by Gasteiger charge is 2.33. The zero-order valence-corrected chi connectivity index (χ0v) is 11.8. The summed E-state index contributed by atoms with van der Waals surface area (Å²) < 4.78 is 0. The molecule has 0 radical (unpaired) electrons. The maximum absolute atomic E-state index is 11.1. The fraction of sp³-hybridized carbons (Fsp3) is 0.571. The topological polar surface area (TPSA) is 69.2 Å². The van der Waals surface area contributed by atoms with Gasteiger partial charge in [0.05, 0.1) is 15.5 Å². The van der Waals surface area contributed by atoms with Crippen LogP contribution in [0.4, 0.5) is 5.69 Å². The highest BCUT2D eigenvalue weighted by molar-refractivity contribution is 6.31. The number of rotatable bonds is 3. The van der Waals surface area contributed by atoms with Crippen molar-refractivity contribution in [3.8, 4) is 0 Å². The van der Waals surface area contributed by atoms with Gasteiger partial charge < -0.3 is 5.73 Å². The SMILES string of the molecule is CC1CCC(N)(Cc2c(Cl)cccc2[N+](=O)[O-])CC1. The van der Waals surface area contributed by atoms with E-state index in [1.807, 2.05) is 0 Å². The fourth-order valence-electron chi connectivity index (χ4n) is 2.76. The van der Waals surface area contributed by atoms with Gasteiger partial charge in [-0.15, -0.1) is 0 Å². The molecule has 104 valence electrons. The van der Waals surface area contributed by atoms with Crippen LogP contribution in [0, 0.1) is 16.0 Å². The molecule has 0 bridgehead atoms. The van der Waals surface area contributed by atoms with E-state index in [0.29, 0.717) is 22.9 Å². The maximum atomic E-state index is 11.1. The quantitative estimate of drug-likeness (QED) is 0.679. The van der Waals surface area contributed by atoms with Gasteiger partial charge in [0, 0.05) is 11.6 Å². The van der Waals surface area contributed by atoms with Crippen molar-refractivity contribution >= 4 is 17.3 Å². The van der Waals surface area contributed by atoms with Crippen molar-refractivity contribution in [1.82, 2.24) is 0 Å². The average Bonchev–Trinajstić information content (AvgIpc) is 2.36. The molecule has 1 aliphatic rings. The summed E-state index contributed by atoms with van der Waals surface area (Å²) in [6, 6.07) is 4.80. The minimum absolute atomic E-state index is 0.0796. The number of nitro groups is 1. The fourth-order valence-corrected chi connectivity index (χ4v) is 3.00. The van der Waals surface area contributed by atoms with Crippen LogP contribution in [0.3, 0.4) is 0 Å². The van der Waals surface area contributed by atoms with Crippen LogP contribution in [0.25, 0.3) is 0 Å². The first-order valence-corrected chi connectivity index (χ1v) is 7.00. The summed E-state index contributed by atoms with van der Waals surface area (Å²) in [6.45, 7) is 2.22. The Bertz CT molecular complexity index is 482. The van der Waals surface area contributed by atoms with E-state index in [0.717, 1.165) is 25.7 Å². The van der Waals surface area contributed by atoms with Gasteiger partial charge in [0.15, 0.2) is 0 Å². The van der Waals surface area contributed by atoms with Crippen LogP contribution in [-0.2, 0) is 6.42 Å². The molecule has 1 aromatic rings. The third-order valence-corrected chi connectivity index (χ3v) is 4.44. The van der Waals surface area contributed by atoms with Crippen LogP contribution < -0.4 is 5.73 Å². The van der Waals surface area contributed by atoms with Gasteiger partial charge in [-0.25, -0.2) is 0 Å². The van der Waals surface area contributed by atoms with Crippen molar-refractivity contribution in [1.29, 1.82) is 0 Å². The van der Waals surface area contributed by atoms with Crippen LogP contribution in [-0.4, -0.2) is 10.5 Å². The average molecular weight is 283 g/mol. The molecule has 0 saturated heterocycles. The van der Waals surface area contributed by atoms with E-state index in [-0.39, 0.29) is 16.1 Å². The van der Waals surface area contributed by atoms with Crippen LogP contribution in [0.5, 0.6) is 0 Å². The highest BCUT2D eigenvalue weighted by Crippen LogP contribution is 2.36. The van der Waals surface area contributed by atoms with E-state index in [1.54, 1.807) is 12.1 Å². The lowest BCUT2D eigenvalue weighted by atomic mass is 9.74. The van der Waals surface area contributed by atoms with E-state index in [4.69, 9.17) is 17.3 Å². The third-order valence-electron chi connectivity index (χ3n) is 4.09. The predicted octanol–water partition coefficient (Wildman–Crippen LogP) is 3.70. The second-order valence-corrected chi connectivity index (χ2v) is 6.12. The first kappa shape index (κ1) is 14.3. The molecule has 1 aliphatic carbocycles. The first-order chi connectivity index (χ1) is 8.91. The second kappa shape index (κ2) is 5.47. The number of nitrogens with two attached hydrogens (primary N) is 1. The number of benzene rings is 1. The molecule has 0 aromatic heterocycles. The Morgan fingerprint density at radius 1 is 1.47 bits per heavy atom. The highest BCUT2D eigenvalue weighted by atomic mass is 35.5. The molecular formula is C14H19ClN2O2. The van der Waals surface area contributed by atoms with Crippen molar-refractivity contribution in [3.63, 3.8) is 0 Å². The van der Waals surface area contributed by atoms with Gasteiger partial charge in [0.1, 0.15) is 0 Å². The molecule has 0 amide bonds. The lowest BCUT2D eigenvalue weighted by Crippen LogP contribution is -2.45. The molecule has 5 heteroatoms. The summed E-state index contributed by atoms with van der Waals surface area (Å²) in [6.07, 6.45) is 4.44. The molecule has 0 spiro atoms. The molecule has 1 fully saturated rings. The molecule has 0 heterocycles. The summed E-state index contributed by atoms with van der Waals surface area (Å²) in [4.78, 5) is 10.7. The van der Waals surface area contributed by atoms with Gasteiger partial charge in [-0.2, -0.15) is 0 Å². The van der Waals surface area contributed by atoms with Crippen molar-refractivity contribution in [2.75, 3.05) is 0 Å². The van der Waals surface area contributed by atoms with Gasteiger partial charge >= 0.3 is 0 Å². The Balaban J connectivity index is 2.25. The second-order valence-electron chi connectivity index (χ2n) is 5.72. The molecule has 0 atom stereocenters. The van der Waals surface area contributed by atoms with Gasteiger partial charge in [0.25, 0.3) is 5.69 Å². The molecule has 0 aliphatic heterocycles. The number of nitro benzene ring substituents is 1. The van der Waals surface area contributed by atoms with E-state index < -0.39 is 0 Å². The largest absolute Gasteiger partial charge is 0.325 e. The molecule has 2 N–H and O–H groups in total. The zero-order valence-electron chi connectivity index (χ0n) is 11.1. The predicted molar refractivity (Wildman–Crippen MR) is 76.4 cm³/mol. The van der Waals surface area contributed by atoms with Crippen LogP contribution in [0.1, 0.15) is 38.2 Å². The number of hydrogen-bond acceptors (Lipinski definition) is 3. The monoisotopic (exact) mass is 282 g/mol. The first-order valence-electron chi connectivity index (χ1n) is 6.62. The van der Waals surface area contributed by atoms with Crippen molar-refractivity contribution in [3.05, 3.63) is 38.9 Å². The third kappa shape index (κ3) is 3.25. The van der Waals surface area contributed by atoms with Crippen molar-refractivity contribution in [2.45, 2.75) is 44.6 Å². The molecule has 4 nitrogen and oxygen atoms in total. The Hall–Kier alpha value is -1.13. The lowest BCUT2D eigenvalue weighted by molar-refractivity contribution is -0.385. The van der Waals surface area contributed by atoms with E-state index in [1.165, 1.54) is 6.07 Å². The van der Waals surface area contributed by atoms with Crippen molar-refractivity contribution < 1.29 is 4.92 Å².